The zero-order valence-electron chi connectivity index (χ0n) is 11.4. The molecule has 0 aliphatic carbocycles. The number of aliphatic carboxylic acids is 1. The van der Waals surface area contributed by atoms with Crippen molar-refractivity contribution in [3.05, 3.63) is 35.6 Å². The van der Waals surface area contributed by atoms with Crippen molar-refractivity contribution in [1.82, 2.24) is 10.2 Å². The van der Waals surface area contributed by atoms with Crippen molar-refractivity contribution < 1.29 is 23.9 Å². The number of amides is 3. The first-order valence-electron chi connectivity index (χ1n) is 6.06. The number of carboxylic acids is 1. The van der Waals surface area contributed by atoms with Gasteiger partial charge in [0, 0.05) is 13.6 Å². The lowest BCUT2D eigenvalue weighted by molar-refractivity contribution is -0.140. The molecule has 21 heavy (non-hydrogen) atoms. The molecule has 0 heterocycles. The molecule has 1 aromatic rings. The molecule has 4 N–H and O–H groups in total. The predicted molar refractivity (Wildman–Crippen MR) is 71.6 cm³/mol. The van der Waals surface area contributed by atoms with Crippen LogP contribution in [-0.2, 0) is 16.1 Å². The number of nitrogens with zero attached hydrogens (tertiary/aromatic N) is 1. The molecule has 3 amide bonds. The second-order valence-electron chi connectivity index (χ2n) is 4.49. The fourth-order valence-electron chi connectivity index (χ4n) is 1.60. The number of urea groups is 1. The first-order chi connectivity index (χ1) is 9.79. The summed E-state index contributed by atoms with van der Waals surface area (Å²) in [4.78, 5) is 34.7. The summed E-state index contributed by atoms with van der Waals surface area (Å²) < 4.78 is 12.8. The Labute approximate surface area is 120 Å². The molecular formula is C13H16FN3O4. The van der Waals surface area contributed by atoms with Crippen LogP contribution in [0.1, 0.15) is 12.0 Å². The number of benzene rings is 1. The maximum atomic E-state index is 12.8. The number of carboxylic acid groups (broad SMARTS) is 1. The molecule has 7 nitrogen and oxygen atoms in total. The molecular weight excluding hydrogens is 281 g/mol. The summed E-state index contributed by atoms with van der Waals surface area (Å²) in [6, 6.07) is 3.48. The largest absolute Gasteiger partial charge is 0.480 e. The molecule has 0 bridgehead atoms. The Morgan fingerprint density at radius 1 is 1.33 bits per heavy atom. The third kappa shape index (κ3) is 5.47. The molecule has 1 rings (SSSR count). The Kier molecular flexibility index (Phi) is 5.65. The summed E-state index contributed by atoms with van der Waals surface area (Å²) in [5.41, 5.74) is 5.59. The fourth-order valence-corrected chi connectivity index (χ4v) is 1.60. The van der Waals surface area contributed by atoms with E-state index in [4.69, 9.17) is 10.8 Å². The summed E-state index contributed by atoms with van der Waals surface area (Å²) in [5, 5.41) is 11.1. The van der Waals surface area contributed by atoms with E-state index in [-0.39, 0.29) is 6.54 Å². The van der Waals surface area contributed by atoms with E-state index in [0.29, 0.717) is 5.56 Å². The van der Waals surface area contributed by atoms with E-state index in [1.165, 1.54) is 36.2 Å². The van der Waals surface area contributed by atoms with Gasteiger partial charge in [-0.25, -0.2) is 14.0 Å². The van der Waals surface area contributed by atoms with E-state index in [0.717, 1.165) is 0 Å². The monoisotopic (exact) mass is 297 g/mol. The highest BCUT2D eigenvalue weighted by molar-refractivity contribution is 5.87. The molecule has 0 spiro atoms. The summed E-state index contributed by atoms with van der Waals surface area (Å²) in [5.74, 6) is -2.57. The minimum absolute atomic E-state index is 0.162. The fraction of sp³-hybridized carbons (Fsp3) is 0.308. The van der Waals surface area contributed by atoms with Crippen LogP contribution in [0.2, 0.25) is 0 Å². The summed E-state index contributed by atoms with van der Waals surface area (Å²) in [7, 11) is 1.45. The van der Waals surface area contributed by atoms with Gasteiger partial charge < -0.3 is 21.1 Å². The van der Waals surface area contributed by atoms with Crippen molar-refractivity contribution in [2.75, 3.05) is 7.05 Å². The number of rotatable bonds is 6. The van der Waals surface area contributed by atoms with Crippen molar-refractivity contribution in [3.63, 3.8) is 0 Å². The van der Waals surface area contributed by atoms with Gasteiger partial charge in [-0.05, 0) is 17.7 Å². The number of hydrogen-bond acceptors (Lipinski definition) is 3. The molecule has 0 aliphatic heterocycles. The van der Waals surface area contributed by atoms with Crippen molar-refractivity contribution >= 4 is 17.9 Å². The van der Waals surface area contributed by atoms with Crippen LogP contribution in [0.5, 0.6) is 0 Å². The molecule has 0 aliphatic rings. The van der Waals surface area contributed by atoms with Gasteiger partial charge in [-0.2, -0.15) is 0 Å². The van der Waals surface area contributed by atoms with Gasteiger partial charge in [0.2, 0.25) is 5.91 Å². The molecule has 0 unspecified atom stereocenters. The second-order valence-corrected chi connectivity index (χ2v) is 4.49. The lowest BCUT2D eigenvalue weighted by Gasteiger charge is -2.21. The van der Waals surface area contributed by atoms with Gasteiger partial charge in [0.25, 0.3) is 0 Å². The van der Waals surface area contributed by atoms with E-state index in [9.17, 15) is 18.8 Å². The van der Waals surface area contributed by atoms with Gasteiger partial charge in [0.15, 0.2) is 0 Å². The molecule has 1 atom stereocenters. The van der Waals surface area contributed by atoms with E-state index in [2.05, 4.69) is 5.32 Å². The highest BCUT2D eigenvalue weighted by Gasteiger charge is 2.23. The minimum Gasteiger partial charge on any atom is -0.480 e. The standard InChI is InChI=1S/C13H16FN3O4/c1-17(7-8-2-4-9(14)5-3-8)13(21)16-10(12(19)20)6-11(15)18/h2-5,10H,6-7H2,1H3,(H2,15,18)(H,16,21)(H,19,20)/t10-/m1/s1. The average molecular weight is 297 g/mol. The quantitative estimate of drug-likeness (QED) is 0.700. The van der Waals surface area contributed by atoms with Gasteiger partial charge in [0.1, 0.15) is 11.9 Å². The van der Waals surface area contributed by atoms with Crippen molar-refractivity contribution in [2.24, 2.45) is 5.73 Å². The van der Waals surface area contributed by atoms with Crippen LogP contribution >= 0.6 is 0 Å². The SMILES string of the molecule is CN(Cc1ccc(F)cc1)C(=O)N[C@H](CC(N)=O)C(=O)O. The number of primary amides is 1. The zero-order chi connectivity index (χ0) is 16.0. The Balaban J connectivity index is 2.62. The molecule has 0 aromatic heterocycles. The lowest BCUT2D eigenvalue weighted by Crippen LogP contribution is -2.48. The molecule has 8 heteroatoms. The van der Waals surface area contributed by atoms with E-state index < -0.39 is 36.2 Å². The number of hydrogen-bond donors (Lipinski definition) is 3. The highest BCUT2D eigenvalue weighted by Crippen LogP contribution is 2.06. The number of halogens is 1. The van der Waals surface area contributed by atoms with Crippen LogP contribution < -0.4 is 11.1 Å². The Bertz CT molecular complexity index is 533. The van der Waals surface area contributed by atoms with E-state index >= 15 is 0 Å². The third-order valence-corrected chi connectivity index (χ3v) is 2.68. The summed E-state index contributed by atoms with van der Waals surface area (Å²) >= 11 is 0. The normalized spacial score (nSPS) is 11.5. The Morgan fingerprint density at radius 2 is 1.90 bits per heavy atom. The number of carbonyl (C=O) groups is 3. The smallest absolute Gasteiger partial charge is 0.326 e. The summed E-state index contributed by atoms with van der Waals surface area (Å²) in [6.45, 7) is 0.162. The van der Waals surface area contributed by atoms with Crippen LogP contribution in [0.25, 0.3) is 0 Å². The van der Waals surface area contributed by atoms with E-state index in [1.807, 2.05) is 0 Å². The van der Waals surface area contributed by atoms with Crippen LogP contribution in [-0.4, -0.2) is 41.0 Å². The molecule has 0 saturated heterocycles. The minimum atomic E-state index is -1.38. The maximum Gasteiger partial charge on any atom is 0.326 e. The van der Waals surface area contributed by atoms with Crippen molar-refractivity contribution in [2.45, 2.75) is 19.0 Å². The van der Waals surface area contributed by atoms with Crippen LogP contribution in [0.15, 0.2) is 24.3 Å². The first kappa shape index (κ1) is 16.4. The van der Waals surface area contributed by atoms with Crippen molar-refractivity contribution in [1.29, 1.82) is 0 Å². The number of carbonyl (C=O) groups excluding carboxylic acids is 2. The van der Waals surface area contributed by atoms with Crippen LogP contribution in [0, 0.1) is 5.82 Å². The summed E-state index contributed by atoms with van der Waals surface area (Å²) in [6.07, 6.45) is -0.495. The second kappa shape index (κ2) is 7.22. The first-order valence-corrected chi connectivity index (χ1v) is 6.06. The molecule has 114 valence electrons. The van der Waals surface area contributed by atoms with Gasteiger partial charge in [0.05, 0.1) is 6.42 Å². The maximum absolute atomic E-state index is 12.8. The van der Waals surface area contributed by atoms with Crippen LogP contribution in [0.4, 0.5) is 9.18 Å². The average Bonchev–Trinajstić information content (AvgIpc) is 2.39. The highest BCUT2D eigenvalue weighted by atomic mass is 19.1. The van der Waals surface area contributed by atoms with Gasteiger partial charge in [-0.15, -0.1) is 0 Å². The molecule has 0 saturated carbocycles. The topological polar surface area (TPSA) is 113 Å². The van der Waals surface area contributed by atoms with E-state index in [1.54, 1.807) is 0 Å². The van der Waals surface area contributed by atoms with Gasteiger partial charge in [-0.3, -0.25) is 4.79 Å². The van der Waals surface area contributed by atoms with Crippen LogP contribution in [0.3, 0.4) is 0 Å². The van der Waals surface area contributed by atoms with Gasteiger partial charge >= 0.3 is 12.0 Å². The lowest BCUT2D eigenvalue weighted by atomic mass is 10.2. The molecule has 1 aromatic carbocycles. The third-order valence-electron chi connectivity index (χ3n) is 2.68. The zero-order valence-corrected chi connectivity index (χ0v) is 11.4. The Hall–Kier alpha value is -2.64. The predicted octanol–water partition coefficient (Wildman–Crippen LogP) is 0.296. The molecule has 0 fully saturated rings. The molecule has 0 radical (unpaired) electrons. The van der Waals surface area contributed by atoms with Gasteiger partial charge in [-0.1, -0.05) is 12.1 Å². The number of nitrogens with one attached hydrogen (secondary N) is 1. The Morgan fingerprint density at radius 3 is 2.38 bits per heavy atom. The number of nitrogens with two attached hydrogens (primary N) is 1. The van der Waals surface area contributed by atoms with Crippen molar-refractivity contribution in [3.8, 4) is 0 Å².